The fourth-order valence-electron chi connectivity index (χ4n) is 2.99. The van der Waals surface area contributed by atoms with Crippen LogP contribution in [0.5, 0.6) is 0 Å². The topological polar surface area (TPSA) is 63.6 Å². The molecular formula is C19H41NaO4S. The van der Waals surface area contributed by atoms with E-state index in [-0.39, 0.29) is 36.2 Å². The molecule has 0 aromatic heterocycles. The Balaban J connectivity index is 0. The predicted octanol–water partition coefficient (Wildman–Crippen LogP) is 5.81. The van der Waals surface area contributed by atoms with Crippen LogP contribution in [0.15, 0.2) is 0 Å². The molecule has 0 bridgehead atoms. The van der Waals surface area contributed by atoms with Crippen molar-refractivity contribution in [1.29, 1.82) is 0 Å². The molecule has 0 aliphatic rings. The number of hydrogen-bond donors (Lipinski definition) is 1. The van der Waals surface area contributed by atoms with Crippen LogP contribution in [0.4, 0.5) is 0 Å². The summed E-state index contributed by atoms with van der Waals surface area (Å²) in [5.41, 5.74) is 0. The van der Waals surface area contributed by atoms with Crippen LogP contribution in [0.3, 0.4) is 0 Å². The molecule has 6 heteroatoms. The monoisotopic (exact) mass is 388 g/mol. The van der Waals surface area contributed by atoms with E-state index in [1.807, 2.05) is 0 Å². The van der Waals surface area contributed by atoms with Gasteiger partial charge < -0.3 is 0 Å². The molecule has 4 nitrogen and oxygen atoms in total. The summed E-state index contributed by atoms with van der Waals surface area (Å²) < 4.78 is 33.4. The van der Waals surface area contributed by atoms with Crippen molar-refractivity contribution >= 4 is 40.0 Å². The Morgan fingerprint density at radius 3 is 1.16 bits per heavy atom. The molecule has 148 valence electrons. The van der Waals surface area contributed by atoms with Crippen molar-refractivity contribution in [2.45, 2.75) is 116 Å². The summed E-state index contributed by atoms with van der Waals surface area (Å²) in [5.74, 6) is 0. The minimum atomic E-state index is -4.25. The minimum absolute atomic E-state index is 0. The van der Waals surface area contributed by atoms with Gasteiger partial charge >= 0.3 is 40.0 Å². The van der Waals surface area contributed by atoms with E-state index in [1.54, 1.807) is 0 Å². The van der Waals surface area contributed by atoms with Crippen molar-refractivity contribution < 1.29 is 17.2 Å². The first-order valence-corrected chi connectivity index (χ1v) is 11.5. The molecule has 0 aliphatic carbocycles. The first-order chi connectivity index (χ1) is 11.6. The van der Waals surface area contributed by atoms with E-state index in [0.717, 1.165) is 12.8 Å². The van der Waals surface area contributed by atoms with Crippen LogP contribution < -0.4 is 0 Å². The fourth-order valence-corrected chi connectivity index (χ4v) is 3.32. The van der Waals surface area contributed by atoms with Gasteiger partial charge in [-0.3, -0.25) is 4.55 Å². The standard InChI is InChI=1S/C19H40O4S.Na.H/c1-2-3-4-5-6-7-8-9-10-11-12-13-14-15-16-17-18-19-23-24(20,21)22;;/h2-19H2,1H3,(H,20,21,22);;. The van der Waals surface area contributed by atoms with Crippen LogP contribution in [-0.4, -0.2) is 49.1 Å². The van der Waals surface area contributed by atoms with Gasteiger partial charge in [-0.15, -0.1) is 0 Å². The Labute approximate surface area is 179 Å². The zero-order valence-electron chi connectivity index (χ0n) is 15.8. The van der Waals surface area contributed by atoms with Crippen LogP contribution in [0.2, 0.25) is 0 Å². The number of hydrogen-bond acceptors (Lipinski definition) is 3. The van der Waals surface area contributed by atoms with Crippen LogP contribution in [0, 0.1) is 0 Å². The van der Waals surface area contributed by atoms with Crippen molar-refractivity contribution in [3.05, 3.63) is 0 Å². The molecule has 0 saturated heterocycles. The number of unbranched alkanes of at least 4 members (excludes halogenated alkanes) is 16. The van der Waals surface area contributed by atoms with Crippen LogP contribution in [0.25, 0.3) is 0 Å². The number of rotatable bonds is 19. The maximum atomic E-state index is 10.3. The first-order valence-electron chi connectivity index (χ1n) is 10.2. The second kappa shape index (κ2) is 21.2. The van der Waals surface area contributed by atoms with E-state index in [1.165, 1.54) is 89.9 Å². The maximum absolute atomic E-state index is 10.3. The van der Waals surface area contributed by atoms with Crippen LogP contribution in [0.1, 0.15) is 116 Å². The molecule has 0 amide bonds. The van der Waals surface area contributed by atoms with E-state index in [2.05, 4.69) is 11.1 Å². The summed E-state index contributed by atoms with van der Waals surface area (Å²) in [7, 11) is -4.25. The van der Waals surface area contributed by atoms with E-state index < -0.39 is 10.4 Å². The molecular weight excluding hydrogens is 347 g/mol. The summed E-state index contributed by atoms with van der Waals surface area (Å²) in [5, 5.41) is 0. The predicted molar refractivity (Wildman–Crippen MR) is 109 cm³/mol. The van der Waals surface area contributed by atoms with Gasteiger partial charge in [-0.2, -0.15) is 8.42 Å². The van der Waals surface area contributed by atoms with Crippen molar-refractivity contribution in [3.8, 4) is 0 Å². The zero-order valence-corrected chi connectivity index (χ0v) is 16.6. The van der Waals surface area contributed by atoms with Crippen molar-refractivity contribution in [1.82, 2.24) is 0 Å². The molecule has 0 aromatic carbocycles. The summed E-state index contributed by atoms with van der Waals surface area (Å²) in [6.07, 6.45) is 21.9. The fraction of sp³-hybridized carbons (Fsp3) is 1.00. The van der Waals surface area contributed by atoms with Gasteiger partial charge in [0.15, 0.2) is 0 Å². The molecule has 0 heterocycles. The molecule has 25 heavy (non-hydrogen) atoms. The third-order valence-electron chi connectivity index (χ3n) is 4.48. The van der Waals surface area contributed by atoms with Gasteiger partial charge in [0.25, 0.3) is 0 Å². The molecule has 0 aliphatic heterocycles. The SMILES string of the molecule is CCCCCCCCCCCCCCCCCCCOS(=O)(=O)O.[NaH]. The van der Waals surface area contributed by atoms with Gasteiger partial charge in [0.05, 0.1) is 6.61 Å². The quantitative estimate of drug-likeness (QED) is 0.172. The van der Waals surface area contributed by atoms with Gasteiger partial charge in [-0.25, -0.2) is 4.18 Å². The Hall–Kier alpha value is 0.870. The molecule has 0 fully saturated rings. The Morgan fingerprint density at radius 1 is 0.600 bits per heavy atom. The normalized spacial score (nSPS) is 11.4. The van der Waals surface area contributed by atoms with Gasteiger partial charge in [0.1, 0.15) is 0 Å². The summed E-state index contributed by atoms with van der Waals surface area (Å²) in [6.45, 7) is 2.36. The molecule has 0 unspecified atom stereocenters. The average molecular weight is 389 g/mol. The zero-order chi connectivity index (χ0) is 17.9. The van der Waals surface area contributed by atoms with Gasteiger partial charge in [-0.05, 0) is 6.42 Å². The van der Waals surface area contributed by atoms with Gasteiger partial charge in [0.2, 0.25) is 0 Å². The summed E-state index contributed by atoms with van der Waals surface area (Å²) in [4.78, 5) is 0. The molecule has 0 rings (SSSR count). The van der Waals surface area contributed by atoms with Gasteiger partial charge in [0, 0.05) is 0 Å². The van der Waals surface area contributed by atoms with Crippen LogP contribution >= 0.6 is 0 Å². The van der Waals surface area contributed by atoms with Crippen molar-refractivity contribution in [3.63, 3.8) is 0 Å². The second-order valence-electron chi connectivity index (χ2n) is 6.91. The summed E-state index contributed by atoms with van der Waals surface area (Å²) in [6, 6.07) is 0. The second-order valence-corrected chi connectivity index (χ2v) is 8.00. The van der Waals surface area contributed by atoms with E-state index >= 15 is 0 Å². The van der Waals surface area contributed by atoms with Crippen molar-refractivity contribution in [2.24, 2.45) is 0 Å². The Bertz CT molecular complexity index is 347. The van der Waals surface area contributed by atoms with E-state index in [9.17, 15) is 8.42 Å². The van der Waals surface area contributed by atoms with Gasteiger partial charge in [-0.1, -0.05) is 110 Å². The Kier molecular flexibility index (Phi) is 23.8. The first kappa shape index (κ1) is 28.1. The molecule has 0 atom stereocenters. The molecule has 0 saturated carbocycles. The van der Waals surface area contributed by atoms with E-state index in [4.69, 9.17) is 4.55 Å². The van der Waals surface area contributed by atoms with Crippen LogP contribution in [-0.2, 0) is 14.6 Å². The molecule has 0 spiro atoms. The summed E-state index contributed by atoms with van der Waals surface area (Å²) >= 11 is 0. The Morgan fingerprint density at radius 2 is 0.880 bits per heavy atom. The molecule has 0 aromatic rings. The average Bonchev–Trinajstić information content (AvgIpc) is 2.52. The van der Waals surface area contributed by atoms with E-state index in [0.29, 0.717) is 6.42 Å². The van der Waals surface area contributed by atoms with Crippen molar-refractivity contribution in [2.75, 3.05) is 6.61 Å². The molecule has 0 radical (unpaired) electrons. The third kappa shape index (κ3) is 27.2. The third-order valence-corrected chi connectivity index (χ3v) is 4.94. The molecule has 1 N–H and O–H groups in total.